The van der Waals surface area contributed by atoms with Crippen molar-refractivity contribution in [3.8, 4) is 6.07 Å². The summed E-state index contributed by atoms with van der Waals surface area (Å²) in [5.41, 5.74) is 1.31. The van der Waals surface area contributed by atoms with Gasteiger partial charge in [-0.25, -0.2) is 0 Å². The van der Waals surface area contributed by atoms with E-state index in [0.717, 1.165) is 18.8 Å². The quantitative estimate of drug-likeness (QED) is 0.779. The summed E-state index contributed by atoms with van der Waals surface area (Å²) in [5.74, 6) is -0.0571. The Morgan fingerprint density at radius 2 is 1.90 bits per heavy atom. The topological polar surface area (TPSA) is 68.2 Å². The molecule has 112 valence electrons. The van der Waals surface area contributed by atoms with Crippen molar-refractivity contribution < 1.29 is 4.79 Å². The van der Waals surface area contributed by atoms with Crippen molar-refractivity contribution in [2.24, 2.45) is 0 Å². The van der Waals surface area contributed by atoms with Gasteiger partial charge < -0.3 is 15.5 Å². The predicted octanol–water partition coefficient (Wildman–Crippen LogP) is 1.57. The van der Waals surface area contributed by atoms with Crippen LogP contribution in [0.25, 0.3) is 0 Å². The number of hydrogen-bond acceptors (Lipinski definition) is 4. The molecule has 1 heterocycles. The number of benzene rings is 1. The molecule has 1 aliphatic rings. The molecule has 5 heteroatoms. The van der Waals surface area contributed by atoms with Crippen LogP contribution in [0.1, 0.15) is 24.8 Å². The van der Waals surface area contributed by atoms with Gasteiger partial charge in [0.2, 0.25) is 5.91 Å². The first-order chi connectivity index (χ1) is 10.3. The molecular weight excluding hydrogens is 264 g/mol. The zero-order chi connectivity index (χ0) is 14.9. The number of carbonyl (C=O) groups excluding carboxylic acids is 1. The molecule has 5 nitrogen and oxygen atoms in total. The highest BCUT2D eigenvalue weighted by molar-refractivity contribution is 5.92. The fourth-order valence-corrected chi connectivity index (χ4v) is 2.46. The van der Waals surface area contributed by atoms with Gasteiger partial charge in [0.25, 0.3) is 0 Å². The van der Waals surface area contributed by atoms with E-state index in [1.807, 2.05) is 0 Å². The van der Waals surface area contributed by atoms with Crippen LogP contribution in [-0.2, 0) is 4.79 Å². The van der Waals surface area contributed by atoms with Gasteiger partial charge in [-0.2, -0.15) is 5.26 Å². The molecule has 0 atom stereocenters. The molecule has 2 rings (SSSR count). The van der Waals surface area contributed by atoms with Crippen LogP contribution in [0.15, 0.2) is 24.3 Å². The molecule has 0 unspecified atom stereocenters. The number of nitrogens with zero attached hydrogens (tertiary/aromatic N) is 2. The lowest BCUT2D eigenvalue weighted by Gasteiger charge is -2.26. The Morgan fingerprint density at radius 3 is 2.57 bits per heavy atom. The molecule has 1 fully saturated rings. The number of nitriles is 1. The minimum absolute atomic E-state index is 0.0571. The Balaban J connectivity index is 1.61. The SMILES string of the molecule is N#Cc1ccc(NC(=O)CNCCN2CCCCC2)cc1. The van der Waals surface area contributed by atoms with E-state index in [1.165, 1.54) is 32.4 Å². The lowest BCUT2D eigenvalue weighted by Crippen LogP contribution is -2.38. The standard InChI is InChI=1S/C16H22N4O/c17-12-14-4-6-15(7-5-14)19-16(21)13-18-8-11-20-9-2-1-3-10-20/h4-7,18H,1-3,8-11,13H2,(H,19,21). The van der Waals surface area contributed by atoms with E-state index in [9.17, 15) is 4.79 Å². The first kappa shape index (κ1) is 15.5. The number of likely N-dealkylation sites (tertiary alicyclic amines) is 1. The zero-order valence-corrected chi connectivity index (χ0v) is 12.3. The molecular formula is C16H22N4O. The van der Waals surface area contributed by atoms with Gasteiger partial charge in [-0.3, -0.25) is 4.79 Å². The third-order valence-electron chi connectivity index (χ3n) is 3.64. The zero-order valence-electron chi connectivity index (χ0n) is 12.3. The number of amides is 1. The molecule has 1 aromatic rings. The summed E-state index contributed by atoms with van der Waals surface area (Å²) in [5, 5.41) is 14.7. The minimum atomic E-state index is -0.0571. The van der Waals surface area contributed by atoms with Gasteiger partial charge in [0.05, 0.1) is 18.2 Å². The molecule has 21 heavy (non-hydrogen) atoms. The number of piperidine rings is 1. The van der Waals surface area contributed by atoms with Crippen LogP contribution < -0.4 is 10.6 Å². The van der Waals surface area contributed by atoms with Crippen molar-refractivity contribution >= 4 is 11.6 Å². The predicted molar refractivity (Wildman–Crippen MR) is 82.9 cm³/mol. The molecule has 0 spiro atoms. The van der Waals surface area contributed by atoms with E-state index in [-0.39, 0.29) is 5.91 Å². The second-order valence-corrected chi connectivity index (χ2v) is 5.32. The van der Waals surface area contributed by atoms with Crippen molar-refractivity contribution in [1.82, 2.24) is 10.2 Å². The molecule has 0 radical (unpaired) electrons. The van der Waals surface area contributed by atoms with Crippen LogP contribution in [0, 0.1) is 11.3 Å². The van der Waals surface area contributed by atoms with Gasteiger partial charge in [0.1, 0.15) is 0 Å². The van der Waals surface area contributed by atoms with Gasteiger partial charge in [-0.1, -0.05) is 6.42 Å². The highest BCUT2D eigenvalue weighted by Crippen LogP contribution is 2.08. The molecule has 0 aromatic heterocycles. The summed E-state index contributed by atoms with van der Waals surface area (Å²) in [6.45, 7) is 4.51. The van der Waals surface area contributed by atoms with Crippen LogP contribution in [0.4, 0.5) is 5.69 Å². The summed E-state index contributed by atoms with van der Waals surface area (Å²) >= 11 is 0. The van der Waals surface area contributed by atoms with Crippen LogP contribution >= 0.6 is 0 Å². The van der Waals surface area contributed by atoms with E-state index in [1.54, 1.807) is 24.3 Å². The summed E-state index contributed by atoms with van der Waals surface area (Å²) in [4.78, 5) is 14.2. The lowest BCUT2D eigenvalue weighted by molar-refractivity contribution is -0.115. The third-order valence-corrected chi connectivity index (χ3v) is 3.64. The Morgan fingerprint density at radius 1 is 1.19 bits per heavy atom. The molecule has 0 aliphatic carbocycles. The van der Waals surface area contributed by atoms with Gasteiger partial charge in [-0.15, -0.1) is 0 Å². The van der Waals surface area contributed by atoms with Crippen molar-refractivity contribution in [3.63, 3.8) is 0 Å². The average Bonchev–Trinajstić information content (AvgIpc) is 2.53. The fraction of sp³-hybridized carbons (Fsp3) is 0.500. The lowest BCUT2D eigenvalue weighted by atomic mass is 10.1. The van der Waals surface area contributed by atoms with Crippen LogP contribution in [-0.4, -0.2) is 43.5 Å². The number of hydrogen-bond donors (Lipinski definition) is 2. The monoisotopic (exact) mass is 286 g/mol. The molecule has 0 bridgehead atoms. The minimum Gasteiger partial charge on any atom is -0.325 e. The Labute approximate surface area is 125 Å². The average molecular weight is 286 g/mol. The second kappa shape index (κ2) is 8.40. The van der Waals surface area contributed by atoms with Gasteiger partial charge in [-0.05, 0) is 50.2 Å². The maximum atomic E-state index is 11.8. The highest BCUT2D eigenvalue weighted by Gasteiger charge is 2.09. The molecule has 1 saturated heterocycles. The molecule has 1 aliphatic heterocycles. The molecule has 1 amide bonds. The van der Waals surface area contributed by atoms with Gasteiger partial charge >= 0.3 is 0 Å². The Hall–Kier alpha value is -1.90. The smallest absolute Gasteiger partial charge is 0.238 e. The van der Waals surface area contributed by atoms with Crippen LogP contribution in [0.3, 0.4) is 0 Å². The third kappa shape index (κ3) is 5.54. The highest BCUT2D eigenvalue weighted by atomic mass is 16.1. The normalized spacial score (nSPS) is 15.4. The fourth-order valence-electron chi connectivity index (χ4n) is 2.46. The summed E-state index contributed by atoms with van der Waals surface area (Å²) < 4.78 is 0. The number of nitrogens with one attached hydrogen (secondary N) is 2. The van der Waals surface area contributed by atoms with Crippen molar-refractivity contribution in [2.45, 2.75) is 19.3 Å². The van der Waals surface area contributed by atoms with Crippen molar-refractivity contribution in [1.29, 1.82) is 5.26 Å². The number of carbonyl (C=O) groups is 1. The molecule has 1 aromatic carbocycles. The summed E-state index contributed by atoms with van der Waals surface area (Å²) in [6, 6.07) is 8.92. The second-order valence-electron chi connectivity index (χ2n) is 5.32. The van der Waals surface area contributed by atoms with Crippen LogP contribution in [0.2, 0.25) is 0 Å². The maximum absolute atomic E-state index is 11.8. The first-order valence-corrected chi connectivity index (χ1v) is 7.51. The Bertz CT molecular complexity index is 486. The first-order valence-electron chi connectivity index (χ1n) is 7.51. The van der Waals surface area contributed by atoms with E-state index >= 15 is 0 Å². The van der Waals surface area contributed by atoms with E-state index < -0.39 is 0 Å². The molecule has 2 N–H and O–H groups in total. The van der Waals surface area contributed by atoms with E-state index in [4.69, 9.17) is 5.26 Å². The van der Waals surface area contributed by atoms with E-state index in [2.05, 4.69) is 21.6 Å². The molecule has 0 saturated carbocycles. The van der Waals surface area contributed by atoms with E-state index in [0.29, 0.717) is 12.1 Å². The van der Waals surface area contributed by atoms with Gasteiger partial charge in [0.15, 0.2) is 0 Å². The number of rotatable bonds is 6. The van der Waals surface area contributed by atoms with Crippen LogP contribution in [0.5, 0.6) is 0 Å². The maximum Gasteiger partial charge on any atom is 0.238 e. The Kier molecular flexibility index (Phi) is 6.20. The largest absolute Gasteiger partial charge is 0.325 e. The van der Waals surface area contributed by atoms with Crippen molar-refractivity contribution in [2.75, 3.05) is 38.0 Å². The van der Waals surface area contributed by atoms with Gasteiger partial charge in [0, 0.05) is 18.8 Å². The van der Waals surface area contributed by atoms with Crippen molar-refractivity contribution in [3.05, 3.63) is 29.8 Å². The summed E-state index contributed by atoms with van der Waals surface area (Å²) in [7, 11) is 0. The summed E-state index contributed by atoms with van der Waals surface area (Å²) in [6.07, 6.45) is 3.93. The number of anilines is 1.